The van der Waals surface area contributed by atoms with Crippen LogP contribution >= 0.6 is 0 Å². The molecule has 82 valence electrons. The molecule has 2 N–H and O–H groups in total. The van der Waals surface area contributed by atoms with E-state index in [1.807, 2.05) is 16.8 Å². The van der Waals surface area contributed by atoms with E-state index in [4.69, 9.17) is 5.73 Å². The van der Waals surface area contributed by atoms with Gasteiger partial charge in [-0.25, -0.2) is 0 Å². The van der Waals surface area contributed by atoms with Crippen molar-refractivity contribution < 1.29 is 4.79 Å². The second-order valence-electron chi connectivity index (χ2n) is 4.00. The van der Waals surface area contributed by atoms with Gasteiger partial charge in [0, 0.05) is 25.7 Å². The van der Waals surface area contributed by atoms with Gasteiger partial charge in [-0.05, 0) is 13.5 Å². The zero-order valence-electron chi connectivity index (χ0n) is 9.20. The summed E-state index contributed by atoms with van der Waals surface area (Å²) in [5.41, 5.74) is 5.65. The van der Waals surface area contributed by atoms with Crippen molar-refractivity contribution in [3.8, 4) is 0 Å². The number of unbranched alkanes of at least 4 members (excludes halogenated alkanes) is 1. The quantitative estimate of drug-likeness (QED) is 0.687. The van der Waals surface area contributed by atoms with Crippen molar-refractivity contribution in [1.82, 2.24) is 9.80 Å². The minimum absolute atomic E-state index is 0.241. The molecule has 0 bridgehead atoms. The lowest BCUT2D eigenvalue weighted by Crippen LogP contribution is -2.57. The average molecular weight is 199 g/mol. The summed E-state index contributed by atoms with van der Waals surface area (Å²) in [5, 5.41) is 0. The highest BCUT2D eigenvalue weighted by molar-refractivity contribution is 5.79. The number of nitrogens with two attached hydrogens (primary N) is 1. The second-order valence-corrected chi connectivity index (χ2v) is 4.00. The molecule has 1 fully saturated rings. The molecular formula is C10H21N3O. The van der Waals surface area contributed by atoms with Crippen LogP contribution in [-0.4, -0.2) is 55.0 Å². The van der Waals surface area contributed by atoms with Crippen LogP contribution in [0.3, 0.4) is 0 Å². The summed E-state index contributed by atoms with van der Waals surface area (Å²) in [6.07, 6.45) is 2.22. The fourth-order valence-electron chi connectivity index (χ4n) is 1.76. The summed E-state index contributed by atoms with van der Waals surface area (Å²) in [5.74, 6) is 0.241. The lowest BCUT2D eigenvalue weighted by atomic mass is 10.1. The number of hydrogen-bond donors (Lipinski definition) is 1. The van der Waals surface area contributed by atoms with Gasteiger partial charge < -0.3 is 10.6 Å². The highest BCUT2D eigenvalue weighted by Gasteiger charge is 2.27. The van der Waals surface area contributed by atoms with E-state index in [0.717, 1.165) is 25.9 Å². The van der Waals surface area contributed by atoms with Crippen molar-refractivity contribution >= 4 is 5.91 Å². The first-order chi connectivity index (χ1) is 6.69. The van der Waals surface area contributed by atoms with Crippen LogP contribution in [0.5, 0.6) is 0 Å². The summed E-state index contributed by atoms with van der Waals surface area (Å²) < 4.78 is 0. The SMILES string of the molecule is CCCCN1CC(CN)N(C)CC1=O. The predicted octanol–water partition coefficient (Wildman–Crippen LogP) is -0.112. The molecule has 4 nitrogen and oxygen atoms in total. The topological polar surface area (TPSA) is 49.6 Å². The summed E-state index contributed by atoms with van der Waals surface area (Å²) >= 11 is 0. The number of likely N-dealkylation sites (N-methyl/N-ethyl adjacent to an activating group) is 1. The Hall–Kier alpha value is -0.610. The Labute approximate surface area is 86.0 Å². The Bertz CT molecular complexity index is 196. The first kappa shape index (κ1) is 11.5. The molecule has 1 amide bonds. The van der Waals surface area contributed by atoms with Crippen molar-refractivity contribution in [3.05, 3.63) is 0 Å². The molecule has 1 atom stereocenters. The number of hydrogen-bond acceptors (Lipinski definition) is 3. The minimum atomic E-state index is 0.241. The predicted molar refractivity (Wildman–Crippen MR) is 57.0 cm³/mol. The molecule has 1 aliphatic rings. The van der Waals surface area contributed by atoms with Crippen molar-refractivity contribution in [3.63, 3.8) is 0 Å². The molecule has 4 heteroatoms. The molecule has 0 aromatic carbocycles. The first-order valence-corrected chi connectivity index (χ1v) is 5.37. The molecule has 0 radical (unpaired) electrons. The number of nitrogens with zero attached hydrogens (tertiary/aromatic N) is 2. The van der Waals surface area contributed by atoms with E-state index >= 15 is 0 Å². The van der Waals surface area contributed by atoms with E-state index in [1.54, 1.807) is 0 Å². The van der Waals surface area contributed by atoms with Gasteiger partial charge in [0.05, 0.1) is 6.54 Å². The fraction of sp³-hybridized carbons (Fsp3) is 0.900. The number of rotatable bonds is 4. The first-order valence-electron chi connectivity index (χ1n) is 5.37. The second kappa shape index (κ2) is 5.32. The Balaban J connectivity index is 2.46. The number of amides is 1. The summed E-state index contributed by atoms with van der Waals surface area (Å²) in [4.78, 5) is 15.6. The molecule has 1 unspecified atom stereocenters. The lowest BCUT2D eigenvalue weighted by Gasteiger charge is -2.38. The van der Waals surface area contributed by atoms with Crippen LogP contribution in [0.1, 0.15) is 19.8 Å². The van der Waals surface area contributed by atoms with Crippen LogP contribution in [0.15, 0.2) is 0 Å². The zero-order chi connectivity index (χ0) is 10.6. The van der Waals surface area contributed by atoms with E-state index in [-0.39, 0.29) is 5.91 Å². The van der Waals surface area contributed by atoms with E-state index in [0.29, 0.717) is 19.1 Å². The van der Waals surface area contributed by atoms with Gasteiger partial charge in [-0.2, -0.15) is 0 Å². The molecule has 1 heterocycles. The highest BCUT2D eigenvalue weighted by Crippen LogP contribution is 2.08. The molecule has 0 aliphatic carbocycles. The highest BCUT2D eigenvalue weighted by atomic mass is 16.2. The number of piperazine rings is 1. The van der Waals surface area contributed by atoms with Crippen molar-refractivity contribution in [2.75, 3.05) is 33.2 Å². The van der Waals surface area contributed by atoms with Crippen LogP contribution in [0.4, 0.5) is 0 Å². The van der Waals surface area contributed by atoms with Gasteiger partial charge in [-0.15, -0.1) is 0 Å². The maximum atomic E-state index is 11.6. The third-order valence-corrected chi connectivity index (χ3v) is 2.85. The largest absolute Gasteiger partial charge is 0.340 e. The molecule has 0 spiro atoms. The van der Waals surface area contributed by atoms with Gasteiger partial charge in [-0.1, -0.05) is 13.3 Å². The van der Waals surface area contributed by atoms with E-state index in [1.165, 1.54) is 0 Å². The smallest absolute Gasteiger partial charge is 0.236 e. The average Bonchev–Trinajstić information content (AvgIpc) is 2.17. The molecule has 0 aromatic heterocycles. The lowest BCUT2D eigenvalue weighted by molar-refractivity contribution is -0.137. The van der Waals surface area contributed by atoms with E-state index in [9.17, 15) is 4.79 Å². The summed E-state index contributed by atoms with van der Waals surface area (Å²) in [7, 11) is 1.96. The van der Waals surface area contributed by atoms with Crippen LogP contribution < -0.4 is 5.73 Å². The summed E-state index contributed by atoms with van der Waals surface area (Å²) in [6, 6.07) is 0.338. The van der Waals surface area contributed by atoms with Gasteiger partial charge in [0.1, 0.15) is 0 Å². The van der Waals surface area contributed by atoms with Crippen molar-refractivity contribution in [1.29, 1.82) is 0 Å². The van der Waals surface area contributed by atoms with Crippen LogP contribution in [0.2, 0.25) is 0 Å². The third kappa shape index (κ3) is 2.69. The van der Waals surface area contributed by atoms with Gasteiger partial charge in [-0.3, -0.25) is 9.69 Å². The van der Waals surface area contributed by atoms with Gasteiger partial charge in [0.2, 0.25) is 5.91 Å². The molecule has 14 heavy (non-hydrogen) atoms. The van der Waals surface area contributed by atoms with Gasteiger partial charge in [0.25, 0.3) is 0 Å². The maximum Gasteiger partial charge on any atom is 0.236 e. The Morgan fingerprint density at radius 3 is 2.86 bits per heavy atom. The van der Waals surface area contributed by atoms with Crippen LogP contribution in [0.25, 0.3) is 0 Å². The Morgan fingerprint density at radius 2 is 2.29 bits per heavy atom. The molecule has 1 rings (SSSR count). The van der Waals surface area contributed by atoms with Crippen LogP contribution in [-0.2, 0) is 4.79 Å². The Kier molecular flexibility index (Phi) is 4.35. The zero-order valence-corrected chi connectivity index (χ0v) is 9.20. The molecule has 0 aromatic rings. The maximum absolute atomic E-state index is 11.6. The minimum Gasteiger partial charge on any atom is -0.340 e. The summed E-state index contributed by atoms with van der Waals surface area (Å²) in [6.45, 7) is 4.98. The van der Waals surface area contributed by atoms with Gasteiger partial charge in [0.15, 0.2) is 0 Å². The molecule has 1 saturated heterocycles. The van der Waals surface area contributed by atoms with Crippen molar-refractivity contribution in [2.24, 2.45) is 5.73 Å². The van der Waals surface area contributed by atoms with Crippen LogP contribution in [0, 0.1) is 0 Å². The van der Waals surface area contributed by atoms with E-state index in [2.05, 4.69) is 6.92 Å². The van der Waals surface area contributed by atoms with E-state index < -0.39 is 0 Å². The Morgan fingerprint density at radius 1 is 1.57 bits per heavy atom. The third-order valence-electron chi connectivity index (χ3n) is 2.85. The normalized spacial score (nSPS) is 24.4. The van der Waals surface area contributed by atoms with Gasteiger partial charge >= 0.3 is 0 Å². The molecule has 0 saturated carbocycles. The number of carbonyl (C=O) groups is 1. The van der Waals surface area contributed by atoms with Crippen molar-refractivity contribution in [2.45, 2.75) is 25.8 Å². The molecular weight excluding hydrogens is 178 g/mol. The molecule has 1 aliphatic heterocycles. The standard InChI is InChI=1S/C10H21N3O/c1-3-4-5-13-7-9(6-11)12(2)8-10(13)14/h9H,3-8,11H2,1-2H3. The number of carbonyl (C=O) groups excluding carboxylic acids is 1. The fourth-order valence-corrected chi connectivity index (χ4v) is 1.76. The monoisotopic (exact) mass is 199 g/mol.